The molecular formula is C26H30ClN3O4. The average Bonchev–Trinajstić information content (AvgIpc) is 2.83. The standard InChI is InChI=1S/C22H26ClN3.C4H4O4/c1-25-12-14-26(15-13-25)11-10-18-16-20-19(8-5-9-21(20)23)22(24-18)17-6-3-2-4-7-17;5-3(6)1-2-4(7)8/h2-9,18H,10-16H2,1H3;1-2H,(H,5,6)(H,7,8)/b;2-1-. The van der Waals surface area contributed by atoms with Crippen LogP contribution in [0, 0.1) is 0 Å². The molecule has 0 amide bonds. The summed E-state index contributed by atoms with van der Waals surface area (Å²) in [6, 6.07) is 17.0. The van der Waals surface area contributed by atoms with Crippen molar-refractivity contribution >= 4 is 29.3 Å². The summed E-state index contributed by atoms with van der Waals surface area (Å²) >= 11 is 6.55. The molecule has 180 valence electrons. The Morgan fingerprint density at radius 1 is 1.00 bits per heavy atom. The molecule has 1 saturated heterocycles. The van der Waals surface area contributed by atoms with Gasteiger partial charge in [-0.05, 0) is 31.5 Å². The van der Waals surface area contributed by atoms with Crippen LogP contribution < -0.4 is 0 Å². The van der Waals surface area contributed by atoms with Crippen molar-refractivity contribution in [3.63, 3.8) is 0 Å². The summed E-state index contributed by atoms with van der Waals surface area (Å²) < 4.78 is 0. The summed E-state index contributed by atoms with van der Waals surface area (Å²) in [6.45, 7) is 5.77. The van der Waals surface area contributed by atoms with Crippen LogP contribution in [0.4, 0.5) is 0 Å². The zero-order valence-corrected chi connectivity index (χ0v) is 20.0. The predicted molar refractivity (Wildman–Crippen MR) is 134 cm³/mol. The number of carbonyl (C=O) groups is 2. The van der Waals surface area contributed by atoms with Gasteiger partial charge in [0.05, 0.1) is 11.8 Å². The van der Waals surface area contributed by atoms with Crippen LogP contribution in [0.3, 0.4) is 0 Å². The largest absolute Gasteiger partial charge is 0.478 e. The molecule has 7 nitrogen and oxygen atoms in total. The number of aliphatic imine (C=N–C) groups is 1. The Balaban J connectivity index is 0.000000350. The summed E-state index contributed by atoms with van der Waals surface area (Å²) in [6.07, 6.45) is 3.15. The number of carboxylic acids is 2. The number of likely N-dealkylation sites (N-methyl/N-ethyl adjacent to an activating group) is 1. The fourth-order valence-electron chi connectivity index (χ4n) is 4.06. The fourth-order valence-corrected chi connectivity index (χ4v) is 4.31. The SMILES string of the molecule is CN1CCN(CCC2Cc3c(Cl)cccc3C(c3ccccc3)=N2)CC1.O=C(O)/C=C\C(=O)O. The Labute approximate surface area is 205 Å². The van der Waals surface area contributed by atoms with Crippen LogP contribution >= 0.6 is 11.6 Å². The smallest absolute Gasteiger partial charge is 0.328 e. The summed E-state index contributed by atoms with van der Waals surface area (Å²) in [5.74, 6) is -2.51. The molecule has 0 spiro atoms. The minimum atomic E-state index is -1.26. The predicted octanol–water partition coefficient (Wildman–Crippen LogP) is 3.45. The van der Waals surface area contributed by atoms with E-state index in [-0.39, 0.29) is 0 Å². The number of nitrogens with zero attached hydrogens (tertiary/aromatic N) is 3. The van der Waals surface area contributed by atoms with E-state index in [4.69, 9.17) is 26.8 Å². The summed E-state index contributed by atoms with van der Waals surface area (Å²) in [5.41, 5.74) is 4.73. The molecule has 2 aromatic rings. The molecule has 2 heterocycles. The molecule has 34 heavy (non-hydrogen) atoms. The summed E-state index contributed by atoms with van der Waals surface area (Å²) in [4.78, 5) is 29.2. The number of piperazine rings is 1. The van der Waals surface area contributed by atoms with E-state index in [1.807, 2.05) is 12.1 Å². The number of halogens is 1. The normalized spacial score (nSPS) is 18.5. The van der Waals surface area contributed by atoms with Crippen LogP contribution in [0.25, 0.3) is 0 Å². The van der Waals surface area contributed by atoms with Crippen molar-refractivity contribution in [2.45, 2.75) is 18.9 Å². The van der Waals surface area contributed by atoms with Crippen LogP contribution in [0.5, 0.6) is 0 Å². The topological polar surface area (TPSA) is 93.4 Å². The maximum Gasteiger partial charge on any atom is 0.328 e. The Morgan fingerprint density at radius 3 is 2.26 bits per heavy atom. The van der Waals surface area contributed by atoms with E-state index < -0.39 is 11.9 Å². The van der Waals surface area contributed by atoms with Crippen molar-refractivity contribution in [1.82, 2.24) is 9.80 Å². The molecule has 0 saturated carbocycles. The molecule has 2 aromatic carbocycles. The van der Waals surface area contributed by atoms with E-state index in [2.05, 4.69) is 53.2 Å². The van der Waals surface area contributed by atoms with Crippen molar-refractivity contribution in [3.05, 3.63) is 82.4 Å². The van der Waals surface area contributed by atoms with Gasteiger partial charge < -0.3 is 20.0 Å². The highest BCUT2D eigenvalue weighted by molar-refractivity contribution is 6.32. The number of hydrogen-bond acceptors (Lipinski definition) is 5. The fraction of sp³-hybridized carbons (Fsp3) is 0.346. The minimum Gasteiger partial charge on any atom is -0.478 e. The lowest BCUT2D eigenvalue weighted by atomic mass is 9.89. The van der Waals surface area contributed by atoms with Gasteiger partial charge >= 0.3 is 11.9 Å². The molecule has 4 rings (SSSR count). The summed E-state index contributed by atoms with van der Waals surface area (Å²) in [5, 5.41) is 16.5. The Hall–Kier alpha value is -3.00. The third kappa shape index (κ3) is 7.52. The molecule has 0 bridgehead atoms. The number of carboxylic acid groups (broad SMARTS) is 2. The Morgan fingerprint density at radius 2 is 1.65 bits per heavy atom. The Kier molecular flexibility index (Phi) is 9.39. The first-order chi connectivity index (χ1) is 16.3. The van der Waals surface area contributed by atoms with Crippen molar-refractivity contribution in [1.29, 1.82) is 0 Å². The van der Waals surface area contributed by atoms with Gasteiger partial charge in [0, 0.05) is 61.0 Å². The van der Waals surface area contributed by atoms with Gasteiger partial charge in [-0.1, -0.05) is 54.1 Å². The third-order valence-corrected chi connectivity index (χ3v) is 6.27. The average molecular weight is 484 g/mol. The van der Waals surface area contributed by atoms with Crippen LogP contribution in [0.2, 0.25) is 5.02 Å². The molecule has 8 heteroatoms. The molecule has 0 radical (unpaired) electrons. The molecule has 2 aliphatic rings. The number of benzene rings is 2. The van der Waals surface area contributed by atoms with Crippen molar-refractivity contribution in [2.24, 2.45) is 4.99 Å². The van der Waals surface area contributed by atoms with E-state index in [1.165, 1.54) is 16.7 Å². The van der Waals surface area contributed by atoms with E-state index in [0.717, 1.165) is 56.3 Å². The molecule has 0 aromatic heterocycles. The maximum absolute atomic E-state index is 9.55. The number of fused-ring (bicyclic) bond motifs is 1. The van der Waals surface area contributed by atoms with Gasteiger partial charge in [-0.3, -0.25) is 4.99 Å². The first kappa shape index (κ1) is 25.6. The van der Waals surface area contributed by atoms with Gasteiger partial charge in [0.1, 0.15) is 0 Å². The van der Waals surface area contributed by atoms with Crippen molar-refractivity contribution in [3.8, 4) is 0 Å². The van der Waals surface area contributed by atoms with Crippen molar-refractivity contribution in [2.75, 3.05) is 39.8 Å². The van der Waals surface area contributed by atoms with Gasteiger partial charge in [-0.2, -0.15) is 0 Å². The molecule has 1 fully saturated rings. The monoisotopic (exact) mass is 483 g/mol. The zero-order valence-electron chi connectivity index (χ0n) is 19.2. The van der Waals surface area contributed by atoms with E-state index in [1.54, 1.807) is 0 Å². The number of rotatable bonds is 6. The highest BCUT2D eigenvalue weighted by Gasteiger charge is 2.24. The van der Waals surface area contributed by atoms with Gasteiger partial charge in [0.15, 0.2) is 0 Å². The molecule has 1 atom stereocenters. The Bertz CT molecular complexity index is 1030. The molecule has 2 aliphatic heterocycles. The molecule has 2 N–H and O–H groups in total. The maximum atomic E-state index is 9.55. The lowest BCUT2D eigenvalue weighted by Crippen LogP contribution is -2.45. The number of hydrogen-bond donors (Lipinski definition) is 2. The summed E-state index contributed by atoms with van der Waals surface area (Å²) in [7, 11) is 2.20. The second-order valence-corrected chi connectivity index (χ2v) is 8.82. The molecule has 0 aliphatic carbocycles. The quantitative estimate of drug-likeness (QED) is 0.611. The third-order valence-electron chi connectivity index (χ3n) is 5.92. The first-order valence-corrected chi connectivity index (χ1v) is 11.7. The second-order valence-electron chi connectivity index (χ2n) is 8.41. The lowest BCUT2D eigenvalue weighted by Gasteiger charge is -2.33. The molecular weight excluding hydrogens is 454 g/mol. The van der Waals surface area contributed by atoms with Gasteiger partial charge in [-0.15, -0.1) is 0 Å². The van der Waals surface area contributed by atoms with Crippen LogP contribution in [0.15, 0.2) is 65.7 Å². The van der Waals surface area contributed by atoms with Crippen LogP contribution in [0.1, 0.15) is 23.1 Å². The van der Waals surface area contributed by atoms with E-state index in [0.29, 0.717) is 18.2 Å². The molecule has 1 unspecified atom stereocenters. The highest BCUT2D eigenvalue weighted by Crippen LogP contribution is 2.30. The first-order valence-electron chi connectivity index (χ1n) is 11.3. The van der Waals surface area contributed by atoms with Crippen LogP contribution in [-0.2, 0) is 16.0 Å². The lowest BCUT2D eigenvalue weighted by molar-refractivity contribution is -0.134. The van der Waals surface area contributed by atoms with Crippen molar-refractivity contribution < 1.29 is 19.8 Å². The van der Waals surface area contributed by atoms with E-state index in [9.17, 15) is 9.59 Å². The van der Waals surface area contributed by atoms with Crippen LogP contribution in [-0.4, -0.2) is 83.5 Å². The van der Waals surface area contributed by atoms with Gasteiger partial charge in [0.2, 0.25) is 0 Å². The van der Waals surface area contributed by atoms with Gasteiger partial charge in [0.25, 0.3) is 0 Å². The minimum absolute atomic E-state index is 0.303. The highest BCUT2D eigenvalue weighted by atomic mass is 35.5. The number of aliphatic carboxylic acids is 2. The van der Waals surface area contributed by atoms with Gasteiger partial charge in [-0.25, -0.2) is 9.59 Å². The second kappa shape index (κ2) is 12.5. The zero-order chi connectivity index (χ0) is 24.5. The van der Waals surface area contributed by atoms with E-state index >= 15 is 0 Å².